The van der Waals surface area contributed by atoms with Crippen molar-refractivity contribution < 1.29 is 13.5 Å². The van der Waals surface area contributed by atoms with Crippen molar-refractivity contribution >= 4 is 26.7 Å². The Kier molecular flexibility index (Phi) is 3.79. The van der Waals surface area contributed by atoms with Crippen LogP contribution in [0.25, 0.3) is 11.0 Å². The van der Waals surface area contributed by atoms with Gasteiger partial charge < -0.3 is 10.0 Å². The van der Waals surface area contributed by atoms with E-state index >= 15 is 0 Å². The third kappa shape index (κ3) is 2.67. The van der Waals surface area contributed by atoms with Crippen LogP contribution in [-0.4, -0.2) is 72.1 Å². The van der Waals surface area contributed by atoms with Gasteiger partial charge in [0.1, 0.15) is 0 Å². The summed E-state index contributed by atoms with van der Waals surface area (Å²) in [4.78, 5) is 6.17. The summed E-state index contributed by atoms with van der Waals surface area (Å²) in [6.07, 6.45) is 2.69. The molecule has 0 saturated carbocycles. The van der Waals surface area contributed by atoms with Crippen molar-refractivity contribution in [2.24, 2.45) is 5.92 Å². The summed E-state index contributed by atoms with van der Waals surface area (Å²) >= 11 is 0. The zero-order valence-electron chi connectivity index (χ0n) is 12.5. The molecule has 2 aromatic rings. The minimum atomic E-state index is -3.34. The molecule has 1 aliphatic rings. The Bertz CT molecular complexity index is 773. The van der Waals surface area contributed by atoms with Gasteiger partial charge in [0.25, 0.3) is 0 Å². The summed E-state index contributed by atoms with van der Waals surface area (Å²) in [6.45, 7) is 0.885. The smallest absolute Gasteiger partial charge is 0.214 e. The van der Waals surface area contributed by atoms with Crippen LogP contribution in [0.1, 0.15) is 0 Å². The number of fused-ring (bicyclic) bond motifs is 1. The number of aliphatic hydroxyl groups is 1. The Morgan fingerprint density at radius 2 is 2.23 bits per heavy atom. The minimum absolute atomic E-state index is 0.0583. The van der Waals surface area contributed by atoms with E-state index in [0.717, 1.165) is 11.1 Å². The number of β-amino-alcohol motifs (C(OH)–C–C–N with tert-alkyl or cyclic N) is 1. The Hall–Kier alpha value is -1.71. The Balaban J connectivity index is 1.83. The van der Waals surface area contributed by atoms with Gasteiger partial charge in [0.05, 0.1) is 29.1 Å². The van der Waals surface area contributed by atoms with Crippen LogP contribution in [0.2, 0.25) is 0 Å². The molecule has 0 aliphatic carbocycles. The molecule has 0 radical (unpaired) electrons. The fourth-order valence-corrected chi connectivity index (χ4v) is 3.91. The van der Waals surface area contributed by atoms with Gasteiger partial charge in [-0.3, -0.25) is 5.10 Å². The van der Waals surface area contributed by atoms with Gasteiger partial charge in [-0.15, -0.1) is 0 Å². The predicted molar refractivity (Wildman–Crippen MR) is 83.1 cm³/mol. The maximum absolute atomic E-state index is 12.0. The maximum atomic E-state index is 12.0. The molecule has 22 heavy (non-hydrogen) atoms. The van der Waals surface area contributed by atoms with Crippen molar-refractivity contribution in [1.82, 2.24) is 19.5 Å². The molecule has 2 aromatic heterocycles. The number of anilines is 1. The number of aliphatic hydroxyl groups excluding tert-OH is 1. The van der Waals surface area contributed by atoms with E-state index in [-0.39, 0.29) is 11.7 Å². The van der Waals surface area contributed by atoms with Gasteiger partial charge in [0, 0.05) is 39.3 Å². The van der Waals surface area contributed by atoms with E-state index in [1.54, 1.807) is 12.4 Å². The second kappa shape index (κ2) is 5.49. The molecule has 0 spiro atoms. The fraction of sp³-hybridized carbons (Fsp3) is 0.538. The summed E-state index contributed by atoms with van der Waals surface area (Å²) < 4.78 is 25.2. The highest BCUT2D eigenvalue weighted by molar-refractivity contribution is 7.89. The molecular formula is C13H19N5O3S. The number of sulfonamides is 1. The average Bonchev–Trinajstić information content (AvgIpc) is 3.05. The topological polar surface area (TPSA) is 102 Å². The molecule has 3 heterocycles. The zero-order chi connectivity index (χ0) is 15.9. The fourth-order valence-electron chi connectivity index (χ4n) is 2.75. The first-order valence-electron chi connectivity index (χ1n) is 7.00. The molecule has 0 unspecified atom stereocenters. The van der Waals surface area contributed by atoms with Crippen LogP contribution in [0.5, 0.6) is 0 Å². The van der Waals surface area contributed by atoms with Crippen LogP contribution in [-0.2, 0) is 10.0 Å². The van der Waals surface area contributed by atoms with Crippen molar-refractivity contribution in [3.05, 3.63) is 18.5 Å². The molecular weight excluding hydrogens is 306 g/mol. The van der Waals surface area contributed by atoms with Gasteiger partial charge in [-0.25, -0.2) is 17.7 Å². The van der Waals surface area contributed by atoms with Gasteiger partial charge in [-0.2, -0.15) is 5.10 Å². The second-order valence-corrected chi connectivity index (χ2v) is 7.98. The zero-order valence-corrected chi connectivity index (χ0v) is 13.3. The van der Waals surface area contributed by atoms with Crippen molar-refractivity contribution in [3.8, 4) is 0 Å². The molecule has 120 valence electrons. The minimum Gasteiger partial charge on any atom is -0.391 e. The predicted octanol–water partition coefficient (Wildman–Crippen LogP) is -0.354. The lowest BCUT2D eigenvalue weighted by molar-refractivity contribution is 0.157. The van der Waals surface area contributed by atoms with Gasteiger partial charge >= 0.3 is 0 Å². The van der Waals surface area contributed by atoms with E-state index in [0.29, 0.717) is 18.7 Å². The monoisotopic (exact) mass is 325 g/mol. The summed E-state index contributed by atoms with van der Waals surface area (Å²) in [6, 6.07) is 1.85. The Labute approximate surface area is 128 Å². The SMILES string of the molecule is CN(C)S(=O)(=O)C[C@@H]1CN(c2ccnc3[nH]ncc23)C[C@@H]1O. The van der Waals surface area contributed by atoms with Gasteiger partial charge in [-0.1, -0.05) is 0 Å². The van der Waals surface area contributed by atoms with Crippen molar-refractivity contribution in [3.63, 3.8) is 0 Å². The number of pyridine rings is 1. The highest BCUT2D eigenvalue weighted by Crippen LogP contribution is 2.30. The van der Waals surface area contributed by atoms with E-state index in [9.17, 15) is 13.5 Å². The number of H-pyrrole nitrogens is 1. The second-order valence-electron chi connectivity index (χ2n) is 5.76. The molecule has 0 bridgehead atoms. The molecule has 1 saturated heterocycles. The Morgan fingerprint density at radius 1 is 1.45 bits per heavy atom. The number of nitrogens with one attached hydrogen (secondary N) is 1. The lowest BCUT2D eigenvalue weighted by Crippen LogP contribution is -2.33. The van der Waals surface area contributed by atoms with Crippen LogP contribution in [0.4, 0.5) is 5.69 Å². The largest absolute Gasteiger partial charge is 0.391 e. The quantitative estimate of drug-likeness (QED) is 0.796. The molecule has 0 amide bonds. The lowest BCUT2D eigenvalue weighted by atomic mass is 10.1. The van der Waals surface area contributed by atoms with Crippen LogP contribution < -0.4 is 4.90 Å². The van der Waals surface area contributed by atoms with Crippen LogP contribution in [0, 0.1) is 5.92 Å². The first-order chi connectivity index (χ1) is 10.4. The highest BCUT2D eigenvalue weighted by atomic mass is 32.2. The Morgan fingerprint density at radius 3 is 2.95 bits per heavy atom. The number of hydrogen-bond donors (Lipinski definition) is 2. The van der Waals surface area contributed by atoms with Crippen molar-refractivity contribution in [1.29, 1.82) is 0 Å². The normalized spacial score (nSPS) is 22.8. The van der Waals surface area contributed by atoms with E-state index < -0.39 is 16.1 Å². The van der Waals surface area contributed by atoms with Crippen molar-refractivity contribution in [2.45, 2.75) is 6.10 Å². The maximum Gasteiger partial charge on any atom is 0.214 e. The molecule has 9 heteroatoms. The molecule has 1 aliphatic heterocycles. The third-order valence-electron chi connectivity index (χ3n) is 4.06. The molecule has 2 atom stereocenters. The van der Waals surface area contributed by atoms with Crippen LogP contribution in [0.15, 0.2) is 18.5 Å². The molecule has 3 rings (SSSR count). The number of hydrogen-bond acceptors (Lipinski definition) is 6. The third-order valence-corrected chi connectivity index (χ3v) is 6.02. The molecule has 0 aromatic carbocycles. The number of rotatable bonds is 4. The van der Waals surface area contributed by atoms with Gasteiger partial charge in [0.2, 0.25) is 10.0 Å². The molecule has 8 nitrogen and oxygen atoms in total. The van der Waals surface area contributed by atoms with Gasteiger partial charge in [-0.05, 0) is 6.07 Å². The summed E-state index contributed by atoms with van der Waals surface area (Å²) in [5.41, 5.74) is 1.58. The van der Waals surface area contributed by atoms with E-state index in [4.69, 9.17) is 0 Å². The number of aromatic amines is 1. The van der Waals surface area contributed by atoms with Crippen LogP contribution >= 0.6 is 0 Å². The average molecular weight is 325 g/mol. The first-order valence-corrected chi connectivity index (χ1v) is 8.60. The van der Waals surface area contributed by atoms with E-state index in [1.807, 2.05) is 11.0 Å². The number of aromatic nitrogens is 3. The van der Waals surface area contributed by atoms with E-state index in [1.165, 1.54) is 18.4 Å². The highest BCUT2D eigenvalue weighted by Gasteiger charge is 2.36. The number of nitrogens with zero attached hydrogens (tertiary/aromatic N) is 4. The summed E-state index contributed by atoms with van der Waals surface area (Å²) in [5, 5.41) is 17.9. The molecule has 2 N–H and O–H groups in total. The lowest BCUT2D eigenvalue weighted by Gasteiger charge is -2.19. The van der Waals surface area contributed by atoms with Gasteiger partial charge in [0.15, 0.2) is 5.65 Å². The summed E-state index contributed by atoms with van der Waals surface area (Å²) in [7, 11) is -0.323. The van der Waals surface area contributed by atoms with E-state index in [2.05, 4.69) is 15.2 Å². The molecule has 1 fully saturated rings. The summed E-state index contributed by atoms with van der Waals surface area (Å²) in [5.74, 6) is -0.375. The standard InChI is InChI=1S/C13H19N5O3S/c1-17(2)22(20,21)8-9-6-18(7-12(9)19)11-3-4-14-13-10(11)5-15-16-13/h3-5,9,12,19H,6-8H2,1-2H3,(H,14,15,16)/t9-,12-/m0/s1. The van der Waals surface area contributed by atoms with Crippen LogP contribution in [0.3, 0.4) is 0 Å². The first kappa shape index (κ1) is 15.2. The van der Waals surface area contributed by atoms with Crippen molar-refractivity contribution in [2.75, 3.05) is 37.8 Å².